The third kappa shape index (κ3) is 2.38. The molecule has 3 N–H and O–H groups in total. The van der Waals surface area contributed by atoms with Gasteiger partial charge in [0.2, 0.25) is 0 Å². The number of hydrogen-bond donors (Lipinski definition) is 3. The van der Waals surface area contributed by atoms with E-state index < -0.39 is 11.5 Å². The minimum atomic E-state index is -0.439. The molecule has 0 radical (unpaired) electrons. The van der Waals surface area contributed by atoms with E-state index in [4.69, 9.17) is 0 Å². The van der Waals surface area contributed by atoms with Gasteiger partial charge in [-0.05, 0) is 18.5 Å². The molecule has 2 aromatic heterocycles. The number of aromatic amines is 1. The van der Waals surface area contributed by atoms with Crippen LogP contribution in [0.15, 0.2) is 17.2 Å². The van der Waals surface area contributed by atoms with Gasteiger partial charge in [0, 0.05) is 18.8 Å². The molecule has 0 unspecified atom stereocenters. The fourth-order valence-electron chi connectivity index (χ4n) is 1.36. The Morgan fingerprint density at radius 2 is 2.22 bits per heavy atom. The first-order chi connectivity index (χ1) is 8.61. The zero-order chi connectivity index (χ0) is 13.1. The van der Waals surface area contributed by atoms with Crippen molar-refractivity contribution >= 4 is 28.3 Å². The highest BCUT2D eigenvalue weighted by Crippen LogP contribution is 2.20. The minimum Gasteiger partial charge on any atom is -0.355 e. The molecule has 7 nitrogen and oxygen atoms in total. The Morgan fingerprint density at radius 1 is 1.44 bits per heavy atom. The van der Waals surface area contributed by atoms with E-state index in [1.165, 1.54) is 13.4 Å². The summed E-state index contributed by atoms with van der Waals surface area (Å²) < 4.78 is 2.51. The zero-order valence-electron chi connectivity index (χ0n) is 9.77. The summed E-state index contributed by atoms with van der Waals surface area (Å²) in [5.41, 5.74) is 0.420. The minimum absolute atomic E-state index is 0.0544. The number of amides is 1. The van der Waals surface area contributed by atoms with Gasteiger partial charge in [-0.25, -0.2) is 9.97 Å². The Labute approximate surface area is 106 Å². The van der Waals surface area contributed by atoms with Crippen molar-refractivity contribution in [1.82, 2.24) is 19.7 Å². The number of nitrogens with zero attached hydrogens (tertiary/aromatic N) is 2. The predicted molar refractivity (Wildman–Crippen MR) is 68.4 cm³/mol. The monoisotopic (exact) mass is 265 g/mol. The summed E-state index contributed by atoms with van der Waals surface area (Å²) >= 11 is 1.05. The fraction of sp³-hybridized carbons (Fsp3) is 0.200. The molecule has 0 aliphatic carbocycles. The lowest BCUT2D eigenvalue weighted by Crippen LogP contribution is -2.24. The summed E-state index contributed by atoms with van der Waals surface area (Å²) in [6.45, 7) is 1.83. The highest BCUT2D eigenvalue weighted by atomic mass is 32.1. The lowest BCUT2D eigenvalue weighted by molar-refractivity contribution is 0.0963. The number of hydrogen-bond acceptors (Lipinski definition) is 6. The van der Waals surface area contributed by atoms with Gasteiger partial charge in [-0.1, -0.05) is 0 Å². The van der Waals surface area contributed by atoms with Gasteiger partial charge in [-0.2, -0.15) is 0 Å². The summed E-state index contributed by atoms with van der Waals surface area (Å²) in [6, 6.07) is 1.72. The van der Waals surface area contributed by atoms with Gasteiger partial charge >= 0.3 is 0 Å². The van der Waals surface area contributed by atoms with E-state index in [-0.39, 0.29) is 5.56 Å². The van der Waals surface area contributed by atoms with Crippen LogP contribution in [0.2, 0.25) is 0 Å². The lowest BCUT2D eigenvalue weighted by atomic mass is 10.3. The number of nitrogens with one attached hydrogen (secondary N) is 3. The molecule has 8 heteroatoms. The SMILES string of the molecule is CNC(=O)c1c(Nc2cc(C)ncn2)s[nH]c1=O. The van der Waals surface area contributed by atoms with Crippen molar-refractivity contribution in [3.05, 3.63) is 34.0 Å². The maximum atomic E-state index is 11.6. The number of anilines is 2. The summed E-state index contributed by atoms with van der Waals surface area (Å²) in [5.74, 6) is 0.0914. The first-order valence-electron chi connectivity index (χ1n) is 5.11. The highest BCUT2D eigenvalue weighted by Gasteiger charge is 2.17. The Bertz CT molecular complexity index is 633. The molecule has 0 spiro atoms. The third-order valence-electron chi connectivity index (χ3n) is 2.20. The van der Waals surface area contributed by atoms with Crippen LogP contribution >= 0.6 is 11.5 Å². The van der Waals surface area contributed by atoms with Crippen molar-refractivity contribution in [3.8, 4) is 0 Å². The van der Waals surface area contributed by atoms with E-state index in [9.17, 15) is 9.59 Å². The van der Waals surface area contributed by atoms with Crippen molar-refractivity contribution in [3.63, 3.8) is 0 Å². The molecule has 0 aliphatic rings. The smallest absolute Gasteiger partial charge is 0.273 e. The van der Waals surface area contributed by atoms with E-state index in [1.54, 1.807) is 6.07 Å². The molecule has 0 fully saturated rings. The molecule has 2 rings (SSSR count). The van der Waals surface area contributed by atoms with Gasteiger partial charge in [0.1, 0.15) is 22.7 Å². The van der Waals surface area contributed by atoms with Gasteiger partial charge in [-0.3, -0.25) is 14.0 Å². The van der Waals surface area contributed by atoms with Crippen molar-refractivity contribution < 1.29 is 4.79 Å². The molecule has 0 saturated carbocycles. The second kappa shape index (κ2) is 4.96. The molecular weight excluding hydrogens is 254 g/mol. The van der Waals surface area contributed by atoms with Gasteiger partial charge < -0.3 is 10.6 Å². The molecule has 0 saturated heterocycles. The number of carbonyl (C=O) groups excluding carboxylic acids is 1. The fourth-order valence-corrected chi connectivity index (χ4v) is 2.10. The molecule has 0 bridgehead atoms. The summed E-state index contributed by atoms with van der Waals surface area (Å²) in [7, 11) is 1.47. The zero-order valence-corrected chi connectivity index (χ0v) is 10.6. The van der Waals surface area contributed by atoms with E-state index >= 15 is 0 Å². The second-order valence-corrected chi connectivity index (χ2v) is 4.30. The number of aromatic nitrogens is 3. The molecule has 0 aliphatic heterocycles. The molecule has 1 amide bonds. The van der Waals surface area contributed by atoms with Crippen LogP contribution in [0.4, 0.5) is 10.8 Å². The van der Waals surface area contributed by atoms with E-state index in [2.05, 4.69) is 25.0 Å². The van der Waals surface area contributed by atoms with Crippen LogP contribution in [-0.4, -0.2) is 27.3 Å². The summed E-state index contributed by atoms with van der Waals surface area (Å²) in [6.07, 6.45) is 1.41. The Hall–Kier alpha value is -2.22. The van der Waals surface area contributed by atoms with Gasteiger partial charge in [0.15, 0.2) is 0 Å². The average molecular weight is 265 g/mol. The highest BCUT2D eigenvalue weighted by molar-refractivity contribution is 7.10. The first-order valence-corrected chi connectivity index (χ1v) is 5.92. The van der Waals surface area contributed by atoms with Crippen LogP contribution in [0.25, 0.3) is 0 Å². The van der Waals surface area contributed by atoms with Crippen molar-refractivity contribution in [1.29, 1.82) is 0 Å². The quantitative estimate of drug-likeness (QED) is 0.756. The molecular formula is C10H11N5O2S. The Balaban J connectivity index is 2.35. The molecule has 94 valence electrons. The maximum Gasteiger partial charge on any atom is 0.273 e. The molecule has 2 heterocycles. The number of carbonyl (C=O) groups is 1. The lowest BCUT2D eigenvalue weighted by Gasteiger charge is -2.04. The first kappa shape index (κ1) is 12.2. The molecule has 0 atom stereocenters. The topological polar surface area (TPSA) is 99.8 Å². The maximum absolute atomic E-state index is 11.6. The van der Waals surface area contributed by atoms with Crippen LogP contribution in [0.5, 0.6) is 0 Å². The standard InChI is InChI=1S/C10H11N5O2S/c1-5-3-6(13-4-12-5)14-10-7(8(16)11-2)9(17)15-18-10/h3-4H,1-2H3,(H,11,16)(H,15,17)(H,12,13,14). The number of H-pyrrole nitrogens is 1. The normalized spacial score (nSPS) is 10.1. The largest absolute Gasteiger partial charge is 0.355 e. The van der Waals surface area contributed by atoms with Gasteiger partial charge in [0.25, 0.3) is 11.5 Å². The predicted octanol–water partition coefficient (Wildman–Crippen LogP) is 0.638. The van der Waals surface area contributed by atoms with Gasteiger partial charge in [0.05, 0.1) is 0 Å². The third-order valence-corrected chi connectivity index (χ3v) is 3.00. The van der Waals surface area contributed by atoms with Crippen LogP contribution < -0.4 is 16.2 Å². The molecule has 18 heavy (non-hydrogen) atoms. The Kier molecular flexibility index (Phi) is 3.38. The van der Waals surface area contributed by atoms with Crippen molar-refractivity contribution in [2.75, 3.05) is 12.4 Å². The van der Waals surface area contributed by atoms with Crippen molar-refractivity contribution in [2.45, 2.75) is 6.92 Å². The van der Waals surface area contributed by atoms with Gasteiger partial charge in [-0.15, -0.1) is 0 Å². The van der Waals surface area contributed by atoms with Crippen LogP contribution in [0, 0.1) is 6.92 Å². The summed E-state index contributed by atoms with van der Waals surface area (Å²) in [5, 5.41) is 5.77. The van der Waals surface area contributed by atoms with E-state index in [0.29, 0.717) is 10.8 Å². The summed E-state index contributed by atoms with van der Waals surface area (Å²) in [4.78, 5) is 31.1. The molecule has 2 aromatic rings. The van der Waals surface area contributed by atoms with E-state index in [1.807, 2.05) is 6.92 Å². The number of rotatable bonds is 3. The second-order valence-electron chi connectivity index (χ2n) is 3.49. The Morgan fingerprint density at radius 3 is 2.89 bits per heavy atom. The van der Waals surface area contributed by atoms with Crippen LogP contribution in [-0.2, 0) is 0 Å². The van der Waals surface area contributed by atoms with Crippen molar-refractivity contribution in [2.24, 2.45) is 0 Å². The average Bonchev–Trinajstić information content (AvgIpc) is 2.70. The van der Waals surface area contributed by atoms with E-state index in [0.717, 1.165) is 17.2 Å². The van der Waals surface area contributed by atoms with Crippen LogP contribution in [0.3, 0.4) is 0 Å². The molecule has 0 aromatic carbocycles. The van der Waals surface area contributed by atoms with Crippen LogP contribution in [0.1, 0.15) is 16.1 Å². The number of aryl methyl sites for hydroxylation is 1.